The summed E-state index contributed by atoms with van der Waals surface area (Å²) in [5.41, 5.74) is 13.0. The van der Waals surface area contributed by atoms with E-state index in [9.17, 15) is 9.90 Å². The van der Waals surface area contributed by atoms with E-state index in [0.717, 1.165) is 83.7 Å². The van der Waals surface area contributed by atoms with Gasteiger partial charge in [0.2, 0.25) is 0 Å². The molecule has 3 aliphatic heterocycles. The number of thiophene rings is 3. The highest BCUT2D eigenvalue weighted by atomic mass is 32.1. The molecule has 0 aliphatic carbocycles. The van der Waals surface area contributed by atoms with Gasteiger partial charge in [-0.1, -0.05) is 30.3 Å². The molecule has 48 heavy (non-hydrogen) atoms. The number of benzene rings is 1. The van der Waals surface area contributed by atoms with Crippen molar-refractivity contribution in [2.24, 2.45) is 4.99 Å². The largest absolute Gasteiger partial charge is 0.674 e. The topological polar surface area (TPSA) is 95.3 Å². The molecule has 3 aliphatic rings. The summed E-state index contributed by atoms with van der Waals surface area (Å²) >= 11 is 4.99. The van der Waals surface area contributed by atoms with Crippen LogP contribution >= 0.6 is 34.0 Å². The Balaban J connectivity index is 1.37. The van der Waals surface area contributed by atoms with Crippen molar-refractivity contribution in [1.82, 2.24) is 9.97 Å². The number of hydrogen-bond donors (Lipinski definition) is 3. The van der Waals surface area contributed by atoms with E-state index in [4.69, 9.17) is 10.3 Å². The summed E-state index contributed by atoms with van der Waals surface area (Å²) < 4.78 is 0. The number of aromatic amines is 2. The number of aromatic nitrogens is 2. The Morgan fingerprint density at radius 2 is 1.33 bits per heavy atom. The lowest BCUT2D eigenvalue weighted by molar-refractivity contribution is 0.0697. The minimum atomic E-state index is -0.959. The van der Waals surface area contributed by atoms with Gasteiger partial charge in [-0.15, -0.1) is 5.70 Å². The average Bonchev–Trinajstić information content (AvgIpc) is 3.95. The Kier molecular flexibility index (Phi) is 6.97. The van der Waals surface area contributed by atoms with Crippen LogP contribution in [0.2, 0.25) is 0 Å². The van der Waals surface area contributed by atoms with Gasteiger partial charge in [-0.05, 0) is 132 Å². The maximum Gasteiger partial charge on any atom is 0.335 e. The van der Waals surface area contributed by atoms with Gasteiger partial charge in [0.15, 0.2) is 0 Å². The Hall–Kier alpha value is -5.48. The molecular formula is C39H25N4O2S3-. The van der Waals surface area contributed by atoms with Gasteiger partial charge in [-0.25, -0.2) is 9.79 Å². The molecule has 8 heterocycles. The first-order chi connectivity index (χ1) is 23.6. The number of carboxylic acids is 1. The van der Waals surface area contributed by atoms with Crippen LogP contribution in [0.25, 0.3) is 27.6 Å². The van der Waals surface area contributed by atoms with Crippen LogP contribution in [0.1, 0.15) is 44.0 Å². The minimum Gasteiger partial charge on any atom is -0.674 e. The van der Waals surface area contributed by atoms with Crippen LogP contribution < -0.4 is 10.7 Å². The van der Waals surface area contributed by atoms with E-state index in [0.29, 0.717) is 0 Å². The van der Waals surface area contributed by atoms with Crippen LogP contribution in [-0.2, 0) is 0 Å². The smallest absolute Gasteiger partial charge is 0.335 e. The molecule has 5 aromatic heterocycles. The fourth-order valence-corrected chi connectivity index (χ4v) is 8.52. The first-order valence-corrected chi connectivity index (χ1v) is 18.1. The number of H-pyrrole nitrogens is 2. The Morgan fingerprint density at radius 3 is 2.02 bits per heavy atom. The van der Waals surface area contributed by atoms with Crippen molar-refractivity contribution in [3.05, 3.63) is 190 Å². The zero-order valence-electron chi connectivity index (χ0n) is 25.2. The van der Waals surface area contributed by atoms with E-state index in [1.807, 2.05) is 18.2 Å². The molecule has 0 amide bonds. The second-order valence-electron chi connectivity index (χ2n) is 11.6. The third-order valence-corrected chi connectivity index (χ3v) is 10.8. The summed E-state index contributed by atoms with van der Waals surface area (Å²) in [6.45, 7) is 0. The molecule has 0 spiro atoms. The fourth-order valence-electron chi connectivity index (χ4n) is 6.57. The van der Waals surface area contributed by atoms with Crippen molar-refractivity contribution in [2.45, 2.75) is 6.04 Å². The van der Waals surface area contributed by atoms with Crippen LogP contribution in [0.3, 0.4) is 0 Å². The molecule has 1 atom stereocenters. The Labute approximate surface area is 287 Å². The average molecular weight is 678 g/mol. The van der Waals surface area contributed by atoms with E-state index in [-0.39, 0.29) is 11.6 Å². The molecule has 0 saturated carbocycles. The molecule has 3 N–H and O–H groups in total. The van der Waals surface area contributed by atoms with Crippen LogP contribution in [0.15, 0.2) is 140 Å². The summed E-state index contributed by atoms with van der Waals surface area (Å²) in [6.07, 6.45) is 8.44. The molecule has 0 fully saturated rings. The lowest BCUT2D eigenvalue weighted by Crippen LogP contribution is -2.22. The lowest BCUT2D eigenvalue weighted by Gasteiger charge is -2.29. The van der Waals surface area contributed by atoms with Gasteiger partial charge in [0.1, 0.15) is 0 Å². The predicted molar refractivity (Wildman–Crippen MR) is 197 cm³/mol. The SMILES string of the molecule is O=C(O)c1ccc(/C2=c3\cc/c([nH]3)=C(\c3ccsc3)C3C=C/C(=C(\c4ccsc4)c4ccc([nH]4)/C(c4ccsc4)=C4/C=CC2=N4)[N-]3)cc1. The third kappa shape index (κ3) is 4.91. The number of aliphatic imine (C=N–C) groups is 1. The van der Waals surface area contributed by atoms with Gasteiger partial charge < -0.3 is 20.4 Å². The number of rotatable bonds is 5. The summed E-state index contributed by atoms with van der Waals surface area (Å²) in [6, 6.07) is 21.7. The zero-order valence-corrected chi connectivity index (χ0v) is 27.6. The van der Waals surface area contributed by atoms with Gasteiger partial charge in [0, 0.05) is 33.2 Å². The van der Waals surface area contributed by atoms with Gasteiger partial charge >= 0.3 is 5.97 Å². The standard InChI is InChI=1S/C39H26N4O2S3/c44-39(45)23-3-1-22(2-4-23)35-27-5-7-29(40-27)36(24-13-16-46-19-24)31-9-11-33(42-31)38(26-15-18-48-21-26)34-12-10-32(43-34)37(25-14-17-47-20-25)30-8-6-28(35)41-30/h1-21,31H,(H4,40,41,42,43,44,45)/p-1/b36-29-. The molecule has 6 aromatic rings. The zero-order chi connectivity index (χ0) is 32.2. The summed E-state index contributed by atoms with van der Waals surface area (Å²) in [7, 11) is 0. The molecule has 1 aromatic carbocycles. The summed E-state index contributed by atoms with van der Waals surface area (Å²) in [4.78, 5) is 24.5. The van der Waals surface area contributed by atoms with Crippen molar-refractivity contribution in [1.29, 1.82) is 0 Å². The number of nitrogens with zero attached hydrogens (tertiary/aromatic N) is 2. The minimum absolute atomic E-state index is 0.202. The molecule has 6 nitrogen and oxygen atoms in total. The van der Waals surface area contributed by atoms with Crippen LogP contribution in [0.4, 0.5) is 0 Å². The maximum atomic E-state index is 11.7. The quantitative estimate of drug-likeness (QED) is 0.172. The molecule has 8 bridgehead atoms. The van der Waals surface area contributed by atoms with Gasteiger partial charge in [0.25, 0.3) is 0 Å². The molecular weight excluding hydrogens is 653 g/mol. The number of hydrogen-bond acceptors (Lipinski definition) is 5. The van der Waals surface area contributed by atoms with Crippen molar-refractivity contribution < 1.29 is 9.90 Å². The molecule has 0 radical (unpaired) electrons. The number of fused-ring (bicyclic) bond motifs is 7. The number of aromatic carboxylic acids is 1. The van der Waals surface area contributed by atoms with Crippen molar-refractivity contribution in [3.63, 3.8) is 0 Å². The first-order valence-electron chi connectivity index (χ1n) is 15.3. The van der Waals surface area contributed by atoms with Gasteiger partial charge in [-0.3, -0.25) is 0 Å². The first kappa shape index (κ1) is 28.7. The highest BCUT2D eigenvalue weighted by Crippen LogP contribution is 2.40. The summed E-state index contributed by atoms with van der Waals surface area (Å²) in [5.74, 6) is -0.959. The summed E-state index contributed by atoms with van der Waals surface area (Å²) in [5, 5.41) is 29.6. The van der Waals surface area contributed by atoms with E-state index >= 15 is 0 Å². The molecule has 9 rings (SSSR count). The van der Waals surface area contributed by atoms with Gasteiger partial charge in [-0.2, -0.15) is 34.0 Å². The number of carboxylic acid groups (broad SMARTS) is 1. The predicted octanol–water partition coefficient (Wildman–Crippen LogP) is 8.18. The van der Waals surface area contributed by atoms with E-state index in [2.05, 4.69) is 103 Å². The highest BCUT2D eigenvalue weighted by molar-refractivity contribution is 7.08. The fraction of sp³-hybridized carbons (Fsp3) is 0.0256. The molecule has 232 valence electrons. The number of nitrogens with one attached hydrogen (secondary N) is 2. The van der Waals surface area contributed by atoms with E-state index in [1.54, 1.807) is 46.1 Å². The number of carbonyl (C=O) groups is 1. The third-order valence-electron chi connectivity index (χ3n) is 8.76. The van der Waals surface area contributed by atoms with Gasteiger partial charge in [0.05, 0.1) is 17.0 Å². The molecule has 0 saturated heterocycles. The van der Waals surface area contributed by atoms with Crippen LogP contribution in [-0.4, -0.2) is 32.8 Å². The second kappa shape index (κ2) is 11.6. The van der Waals surface area contributed by atoms with Crippen LogP contribution in [0, 0.1) is 0 Å². The molecule has 1 unspecified atom stereocenters. The van der Waals surface area contributed by atoms with Crippen molar-refractivity contribution in [3.8, 4) is 0 Å². The normalized spacial score (nSPS) is 22.2. The lowest BCUT2D eigenvalue weighted by atomic mass is 9.99. The van der Waals surface area contributed by atoms with E-state index < -0.39 is 5.97 Å². The molecule has 9 heteroatoms. The maximum absolute atomic E-state index is 11.7. The second-order valence-corrected chi connectivity index (χ2v) is 13.9. The van der Waals surface area contributed by atoms with Crippen molar-refractivity contribution >= 4 is 68.0 Å². The highest BCUT2D eigenvalue weighted by Gasteiger charge is 2.22. The number of allylic oxidation sites excluding steroid dienone is 3. The monoisotopic (exact) mass is 677 g/mol. The van der Waals surface area contributed by atoms with Crippen LogP contribution in [0.5, 0.6) is 0 Å². The Morgan fingerprint density at radius 1 is 0.667 bits per heavy atom. The Bertz CT molecular complexity index is 2480. The van der Waals surface area contributed by atoms with E-state index in [1.165, 1.54) is 0 Å². The van der Waals surface area contributed by atoms with Crippen molar-refractivity contribution in [2.75, 3.05) is 0 Å².